The van der Waals surface area contributed by atoms with Crippen molar-refractivity contribution in [3.8, 4) is 0 Å². The highest BCUT2D eigenvalue weighted by Gasteiger charge is 2.12. The second kappa shape index (κ2) is 6.47. The number of anilines is 1. The second-order valence-corrected chi connectivity index (χ2v) is 5.11. The molecule has 0 aliphatic carbocycles. The molecule has 0 saturated carbocycles. The fraction of sp³-hybridized carbons (Fsp3) is 0.214. The summed E-state index contributed by atoms with van der Waals surface area (Å²) in [5.41, 5.74) is 1.24. The van der Waals surface area contributed by atoms with Crippen LogP contribution in [-0.2, 0) is 6.42 Å². The molecule has 0 aliphatic rings. The summed E-state index contributed by atoms with van der Waals surface area (Å²) in [6, 6.07) is 7.93. The predicted molar refractivity (Wildman–Crippen MR) is 80.1 cm³/mol. The summed E-state index contributed by atoms with van der Waals surface area (Å²) in [5.74, 6) is -0.135. The molecule has 0 atom stereocenters. The minimum absolute atomic E-state index is 0.0859. The van der Waals surface area contributed by atoms with Crippen molar-refractivity contribution in [1.29, 1.82) is 0 Å². The Morgan fingerprint density at radius 3 is 2.85 bits per heavy atom. The standard InChI is InChI=1S/C14H14BrN3O2/c1-9-17-8-11(14(19)20)13(18-9)16-7-6-10-4-2-3-5-12(10)15/h2-5,8H,6-7H2,1H3,(H,19,20)(H,16,17,18). The van der Waals surface area contributed by atoms with E-state index in [4.69, 9.17) is 5.11 Å². The van der Waals surface area contributed by atoms with Gasteiger partial charge in [-0.15, -0.1) is 0 Å². The average molecular weight is 336 g/mol. The van der Waals surface area contributed by atoms with Gasteiger partial charge in [-0.25, -0.2) is 14.8 Å². The number of aryl methyl sites for hydroxylation is 1. The van der Waals surface area contributed by atoms with E-state index in [1.54, 1.807) is 6.92 Å². The lowest BCUT2D eigenvalue weighted by molar-refractivity contribution is 0.0697. The molecular formula is C14H14BrN3O2. The molecule has 2 aromatic rings. The third kappa shape index (κ3) is 3.54. The van der Waals surface area contributed by atoms with Crippen molar-refractivity contribution in [2.75, 3.05) is 11.9 Å². The first kappa shape index (κ1) is 14.5. The van der Waals surface area contributed by atoms with Crippen LogP contribution >= 0.6 is 15.9 Å². The molecule has 0 spiro atoms. The highest BCUT2D eigenvalue weighted by Crippen LogP contribution is 2.17. The van der Waals surface area contributed by atoms with Gasteiger partial charge in [-0.1, -0.05) is 34.1 Å². The van der Waals surface area contributed by atoms with Gasteiger partial charge in [0.15, 0.2) is 0 Å². The molecule has 5 nitrogen and oxygen atoms in total. The minimum Gasteiger partial charge on any atom is -0.477 e. The molecule has 0 unspecified atom stereocenters. The highest BCUT2D eigenvalue weighted by molar-refractivity contribution is 9.10. The quantitative estimate of drug-likeness (QED) is 0.878. The second-order valence-electron chi connectivity index (χ2n) is 4.25. The summed E-state index contributed by atoms with van der Waals surface area (Å²) < 4.78 is 1.04. The molecule has 0 bridgehead atoms. The number of aromatic nitrogens is 2. The van der Waals surface area contributed by atoms with E-state index < -0.39 is 5.97 Å². The van der Waals surface area contributed by atoms with Gasteiger partial charge in [-0.2, -0.15) is 0 Å². The number of carboxylic acid groups (broad SMARTS) is 1. The average Bonchev–Trinajstić information content (AvgIpc) is 2.41. The smallest absolute Gasteiger partial charge is 0.341 e. The van der Waals surface area contributed by atoms with Gasteiger partial charge in [0.25, 0.3) is 0 Å². The highest BCUT2D eigenvalue weighted by atomic mass is 79.9. The van der Waals surface area contributed by atoms with Gasteiger partial charge in [0.05, 0.1) is 0 Å². The monoisotopic (exact) mass is 335 g/mol. The Morgan fingerprint density at radius 1 is 1.40 bits per heavy atom. The van der Waals surface area contributed by atoms with E-state index >= 15 is 0 Å². The number of carbonyl (C=O) groups is 1. The predicted octanol–water partition coefficient (Wildman–Crippen LogP) is 2.90. The number of halogens is 1. The van der Waals surface area contributed by atoms with E-state index in [-0.39, 0.29) is 5.56 Å². The molecule has 0 radical (unpaired) electrons. The van der Waals surface area contributed by atoms with E-state index in [1.807, 2.05) is 24.3 Å². The van der Waals surface area contributed by atoms with Crippen LogP contribution in [0.4, 0.5) is 5.82 Å². The summed E-state index contributed by atoms with van der Waals surface area (Å²) in [5, 5.41) is 12.1. The Hall–Kier alpha value is -1.95. The van der Waals surface area contributed by atoms with Crippen LogP contribution in [0.15, 0.2) is 34.9 Å². The SMILES string of the molecule is Cc1ncc(C(=O)O)c(NCCc2ccccc2Br)n1. The molecule has 1 aromatic carbocycles. The third-order valence-electron chi connectivity index (χ3n) is 2.78. The van der Waals surface area contributed by atoms with Gasteiger partial charge in [-0.05, 0) is 25.0 Å². The van der Waals surface area contributed by atoms with Crippen LogP contribution in [0, 0.1) is 6.92 Å². The zero-order chi connectivity index (χ0) is 14.5. The Bertz CT molecular complexity index is 632. The third-order valence-corrected chi connectivity index (χ3v) is 3.56. The molecule has 2 rings (SSSR count). The van der Waals surface area contributed by atoms with Crippen LogP contribution in [0.2, 0.25) is 0 Å². The molecule has 2 N–H and O–H groups in total. The van der Waals surface area contributed by atoms with Crippen molar-refractivity contribution in [2.45, 2.75) is 13.3 Å². The minimum atomic E-state index is -1.03. The van der Waals surface area contributed by atoms with Gasteiger partial charge in [0, 0.05) is 17.2 Å². The van der Waals surface area contributed by atoms with Crippen LogP contribution < -0.4 is 5.32 Å². The molecule has 0 fully saturated rings. The van der Waals surface area contributed by atoms with Crippen molar-refractivity contribution in [3.05, 3.63) is 51.9 Å². The van der Waals surface area contributed by atoms with Gasteiger partial charge in [-0.3, -0.25) is 0 Å². The van der Waals surface area contributed by atoms with E-state index in [2.05, 4.69) is 31.2 Å². The molecular weight excluding hydrogens is 322 g/mol. The molecule has 0 saturated heterocycles. The van der Waals surface area contributed by atoms with E-state index in [9.17, 15) is 4.79 Å². The molecule has 0 aliphatic heterocycles. The largest absolute Gasteiger partial charge is 0.477 e. The first-order chi connectivity index (χ1) is 9.58. The summed E-state index contributed by atoms with van der Waals surface area (Å²) in [7, 11) is 0. The Labute approximate surface area is 125 Å². The van der Waals surface area contributed by atoms with Crippen LogP contribution in [0.25, 0.3) is 0 Å². The summed E-state index contributed by atoms with van der Waals surface area (Å²) >= 11 is 3.48. The summed E-state index contributed by atoms with van der Waals surface area (Å²) in [6.45, 7) is 2.32. The normalized spacial score (nSPS) is 10.3. The van der Waals surface area contributed by atoms with Gasteiger partial charge < -0.3 is 10.4 Å². The van der Waals surface area contributed by atoms with Gasteiger partial charge in [0.2, 0.25) is 0 Å². The van der Waals surface area contributed by atoms with Gasteiger partial charge in [0.1, 0.15) is 17.2 Å². The van der Waals surface area contributed by atoms with Crippen LogP contribution in [0.5, 0.6) is 0 Å². The number of carboxylic acids is 1. The van der Waals surface area contributed by atoms with Crippen LogP contribution in [0.3, 0.4) is 0 Å². The molecule has 104 valence electrons. The number of aromatic carboxylic acids is 1. The first-order valence-electron chi connectivity index (χ1n) is 6.12. The van der Waals surface area contributed by atoms with E-state index in [0.29, 0.717) is 18.2 Å². The van der Waals surface area contributed by atoms with Crippen molar-refractivity contribution < 1.29 is 9.90 Å². The topological polar surface area (TPSA) is 75.1 Å². The zero-order valence-electron chi connectivity index (χ0n) is 10.9. The lowest BCUT2D eigenvalue weighted by Crippen LogP contribution is -2.12. The van der Waals surface area contributed by atoms with Crippen LogP contribution in [-0.4, -0.2) is 27.6 Å². The first-order valence-corrected chi connectivity index (χ1v) is 6.91. The maximum atomic E-state index is 11.1. The lowest BCUT2D eigenvalue weighted by Gasteiger charge is -2.09. The number of nitrogens with zero attached hydrogens (tertiary/aromatic N) is 2. The zero-order valence-corrected chi connectivity index (χ0v) is 12.5. The number of hydrogen-bond donors (Lipinski definition) is 2. The van der Waals surface area contributed by atoms with E-state index in [0.717, 1.165) is 16.5 Å². The number of nitrogens with one attached hydrogen (secondary N) is 1. The van der Waals surface area contributed by atoms with Crippen molar-refractivity contribution >= 4 is 27.7 Å². The number of benzene rings is 1. The maximum absolute atomic E-state index is 11.1. The van der Waals surface area contributed by atoms with Crippen molar-refractivity contribution in [3.63, 3.8) is 0 Å². The molecule has 1 heterocycles. The van der Waals surface area contributed by atoms with Crippen LogP contribution in [0.1, 0.15) is 21.7 Å². The maximum Gasteiger partial charge on any atom is 0.341 e. The Kier molecular flexibility index (Phi) is 4.68. The molecule has 6 heteroatoms. The van der Waals surface area contributed by atoms with Gasteiger partial charge >= 0.3 is 5.97 Å². The molecule has 20 heavy (non-hydrogen) atoms. The van der Waals surface area contributed by atoms with E-state index in [1.165, 1.54) is 6.20 Å². The lowest BCUT2D eigenvalue weighted by atomic mass is 10.1. The molecule has 1 aromatic heterocycles. The molecule has 0 amide bonds. The Morgan fingerprint density at radius 2 is 2.15 bits per heavy atom. The van der Waals surface area contributed by atoms with Crippen molar-refractivity contribution in [1.82, 2.24) is 9.97 Å². The van der Waals surface area contributed by atoms with Crippen molar-refractivity contribution in [2.24, 2.45) is 0 Å². The summed E-state index contributed by atoms with van der Waals surface area (Å²) in [6.07, 6.45) is 2.09. The number of hydrogen-bond acceptors (Lipinski definition) is 4. The Balaban J connectivity index is 2.06. The number of rotatable bonds is 5. The fourth-order valence-electron chi connectivity index (χ4n) is 1.78. The summed E-state index contributed by atoms with van der Waals surface area (Å²) in [4.78, 5) is 19.1. The fourth-order valence-corrected chi connectivity index (χ4v) is 2.26.